The summed E-state index contributed by atoms with van der Waals surface area (Å²) in [6.07, 6.45) is 2.71. The van der Waals surface area contributed by atoms with E-state index in [2.05, 4.69) is 24.3 Å². The van der Waals surface area contributed by atoms with Crippen molar-refractivity contribution < 1.29 is 28.4 Å². The van der Waals surface area contributed by atoms with Crippen LogP contribution in [-0.4, -0.2) is 64.1 Å². The van der Waals surface area contributed by atoms with Crippen molar-refractivity contribution in [3.05, 3.63) is 35.4 Å². The van der Waals surface area contributed by atoms with Gasteiger partial charge in [-0.15, -0.1) is 0 Å². The van der Waals surface area contributed by atoms with Crippen LogP contribution < -0.4 is 9.47 Å². The van der Waals surface area contributed by atoms with E-state index in [0.29, 0.717) is 25.4 Å². The molecule has 28 heavy (non-hydrogen) atoms. The molecule has 6 heteroatoms. The molecule has 4 unspecified atom stereocenters. The van der Waals surface area contributed by atoms with Crippen LogP contribution in [0.1, 0.15) is 11.1 Å². The molecule has 4 aliphatic heterocycles. The van der Waals surface area contributed by atoms with Crippen LogP contribution in [0.2, 0.25) is 0 Å². The van der Waals surface area contributed by atoms with Crippen molar-refractivity contribution >= 4 is 10.8 Å². The molecule has 148 valence electrons. The number of benzene rings is 2. The second-order valence-corrected chi connectivity index (χ2v) is 8.06. The van der Waals surface area contributed by atoms with Crippen molar-refractivity contribution in [1.82, 2.24) is 0 Å². The predicted octanol–water partition coefficient (Wildman–Crippen LogP) is 2.28. The van der Waals surface area contributed by atoms with Crippen molar-refractivity contribution in [1.29, 1.82) is 0 Å². The Morgan fingerprint density at radius 2 is 1.07 bits per heavy atom. The molecule has 4 aliphatic rings. The molecule has 2 aromatic rings. The summed E-state index contributed by atoms with van der Waals surface area (Å²) in [6.45, 7) is 4.34. The minimum absolute atomic E-state index is 0.201. The van der Waals surface area contributed by atoms with E-state index in [-0.39, 0.29) is 12.2 Å². The molecule has 0 saturated carbocycles. The van der Waals surface area contributed by atoms with Gasteiger partial charge in [-0.25, -0.2) is 0 Å². The maximum Gasteiger partial charge on any atom is 0.134 e. The Labute approximate surface area is 163 Å². The van der Waals surface area contributed by atoms with Gasteiger partial charge in [0.1, 0.15) is 36.9 Å². The van der Waals surface area contributed by atoms with E-state index in [0.717, 1.165) is 61.5 Å². The lowest BCUT2D eigenvalue weighted by atomic mass is 9.97. The largest absolute Gasteiger partial charge is 0.490 e. The van der Waals surface area contributed by atoms with Crippen LogP contribution in [0.25, 0.3) is 10.8 Å². The summed E-state index contributed by atoms with van der Waals surface area (Å²) in [5.41, 5.74) is 2.34. The number of epoxide rings is 4. The van der Waals surface area contributed by atoms with Gasteiger partial charge in [0.05, 0.1) is 44.0 Å². The zero-order chi connectivity index (χ0) is 18.5. The molecule has 0 aliphatic carbocycles. The molecule has 6 nitrogen and oxygen atoms in total. The maximum atomic E-state index is 6.32. The van der Waals surface area contributed by atoms with E-state index < -0.39 is 0 Å². The third kappa shape index (κ3) is 3.82. The SMILES string of the molecule is c1cc2ccc(CC3CO3)c(OCC3CO3)c2c(OCC2CO2)c1CC1CO1. The van der Waals surface area contributed by atoms with Gasteiger partial charge in [-0.1, -0.05) is 24.3 Å². The Balaban J connectivity index is 1.43. The Morgan fingerprint density at radius 3 is 1.46 bits per heavy atom. The van der Waals surface area contributed by atoms with Crippen LogP contribution >= 0.6 is 0 Å². The van der Waals surface area contributed by atoms with Gasteiger partial charge in [-0.05, 0) is 16.5 Å². The number of hydrogen-bond donors (Lipinski definition) is 0. The first-order valence-electron chi connectivity index (χ1n) is 10.1. The first kappa shape index (κ1) is 17.0. The highest BCUT2D eigenvalue weighted by Gasteiger charge is 2.31. The fourth-order valence-electron chi connectivity index (χ4n) is 3.64. The first-order valence-corrected chi connectivity index (χ1v) is 10.1. The smallest absolute Gasteiger partial charge is 0.134 e. The Morgan fingerprint density at radius 1 is 0.643 bits per heavy atom. The van der Waals surface area contributed by atoms with Crippen molar-refractivity contribution in [2.24, 2.45) is 0 Å². The maximum absolute atomic E-state index is 6.32. The summed E-state index contributed by atoms with van der Waals surface area (Å²) in [6, 6.07) is 8.63. The lowest BCUT2D eigenvalue weighted by molar-refractivity contribution is 0.255. The average molecular weight is 384 g/mol. The van der Waals surface area contributed by atoms with Gasteiger partial charge in [-0.3, -0.25) is 0 Å². The highest BCUT2D eigenvalue weighted by Crippen LogP contribution is 2.42. The van der Waals surface area contributed by atoms with E-state index in [1.807, 2.05) is 0 Å². The minimum Gasteiger partial charge on any atom is -0.490 e. The molecule has 0 spiro atoms. The van der Waals surface area contributed by atoms with E-state index in [1.165, 1.54) is 11.1 Å². The number of fused-ring (bicyclic) bond motifs is 1. The molecular formula is C22H24O6. The van der Waals surface area contributed by atoms with Crippen molar-refractivity contribution in [2.45, 2.75) is 37.3 Å². The number of rotatable bonds is 10. The molecule has 0 N–H and O–H groups in total. The summed E-state index contributed by atoms with van der Waals surface area (Å²) in [7, 11) is 0. The average Bonchev–Trinajstić information content (AvgIpc) is 3.55. The molecule has 2 aromatic carbocycles. The van der Waals surface area contributed by atoms with Crippen LogP contribution in [-0.2, 0) is 31.8 Å². The molecule has 0 radical (unpaired) electrons. The summed E-state index contributed by atoms with van der Waals surface area (Å²) in [4.78, 5) is 0. The molecular weight excluding hydrogens is 360 g/mol. The van der Waals surface area contributed by atoms with Gasteiger partial charge in [0.2, 0.25) is 0 Å². The second-order valence-electron chi connectivity index (χ2n) is 8.06. The molecule has 4 heterocycles. The van der Waals surface area contributed by atoms with Crippen molar-refractivity contribution in [2.75, 3.05) is 39.6 Å². The lowest BCUT2D eigenvalue weighted by Gasteiger charge is -2.19. The van der Waals surface area contributed by atoms with Crippen molar-refractivity contribution in [3.63, 3.8) is 0 Å². The molecule has 0 bridgehead atoms. The second kappa shape index (κ2) is 6.88. The Kier molecular flexibility index (Phi) is 4.19. The van der Waals surface area contributed by atoms with Gasteiger partial charge in [0.15, 0.2) is 0 Å². The first-order chi connectivity index (χ1) is 13.8. The number of hydrogen-bond acceptors (Lipinski definition) is 6. The Bertz CT molecular complexity index is 811. The zero-order valence-electron chi connectivity index (χ0n) is 15.7. The van der Waals surface area contributed by atoms with Crippen LogP contribution in [0.4, 0.5) is 0 Å². The topological polar surface area (TPSA) is 68.6 Å². The number of ether oxygens (including phenoxy) is 6. The molecule has 4 atom stereocenters. The fraction of sp³-hybridized carbons (Fsp3) is 0.545. The predicted molar refractivity (Wildman–Crippen MR) is 101 cm³/mol. The fourth-order valence-corrected chi connectivity index (χ4v) is 3.64. The van der Waals surface area contributed by atoms with Gasteiger partial charge in [0.25, 0.3) is 0 Å². The third-order valence-corrected chi connectivity index (χ3v) is 5.59. The van der Waals surface area contributed by atoms with Gasteiger partial charge < -0.3 is 28.4 Å². The van der Waals surface area contributed by atoms with Gasteiger partial charge >= 0.3 is 0 Å². The van der Waals surface area contributed by atoms with Crippen LogP contribution in [0.15, 0.2) is 24.3 Å². The molecule has 4 saturated heterocycles. The van der Waals surface area contributed by atoms with Crippen LogP contribution in [0.5, 0.6) is 11.5 Å². The quantitative estimate of drug-likeness (QED) is 0.586. The summed E-state index contributed by atoms with van der Waals surface area (Å²) < 4.78 is 34.3. The van der Waals surface area contributed by atoms with Gasteiger partial charge in [0, 0.05) is 12.8 Å². The minimum atomic E-state index is 0.201. The highest BCUT2D eigenvalue weighted by molar-refractivity contribution is 5.96. The molecule has 4 fully saturated rings. The summed E-state index contributed by atoms with van der Waals surface area (Å²) in [5, 5.41) is 2.18. The lowest BCUT2D eigenvalue weighted by Crippen LogP contribution is -2.11. The monoisotopic (exact) mass is 384 g/mol. The third-order valence-electron chi connectivity index (χ3n) is 5.59. The van der Waals surface area contributed by atoms with Gasteiger partial charge in [-0.2, -0.15) is 0 Å². The Hall–Kier alpha value is -1.86. The molecule has 6 rings (SSSR count). The standard InChI is InChI=1S/C22H24O6/c1-3-14(5-16-7-23-16)21(27-11-18-9-25-18)20-13(1)2-4-15(6-17-8-24-17)22(20)28-12-19-10-26-19/h1-4,16-19H,5-12H2. The van der Waals surface area contributed by atoms with E-state index in [4.69, 9.17) is 28.4 Å². The van der Waals surface area contributed by atoms with Crippen LogP contribution in [0, 0.1) is 0 Å². The summed E-state index contributed by atoms with van der Waals surface area (Å²) >= 11 is 0. The zero-order valence-corrected chi connectivity index (χ0v) is 15.7. The van der Waals surface area contributed by atoms with Crippen molar-refractivity contribution in [3.8, 4) is 11.5 Å². The highest BCUT2D eigenvalue weighted by atomic mass is 16.6. The van der Waals surface area contributed by atoms with E-state index in [9.17, 15) is 0 Å². The normalized spacial score (nSPS) is 29.6. The molecule has 0 aromatic heterocycles. The van der Waals surface area contributed by atoms with E-state index >= 15 is 0 Å². The summed E-state index contributed by atoms with van der Waals surface area (Å²) in [5.74, 6) is 1.82. The van der Waals surface area contributed by atoms with Crippen LogP contribution in [0.3, 0.4) is 0 Å². The van der Waals surface area contributed by atoms with E-state index in [1.54, 1.807) is 0 Å². The molecule has 0 amide bonds.